The molecule has 2 aromatic heterocycles. The minimum absolute atomic E-state index is 0.0448. The van der Waals surface area contributed by atoms with Gasteiger partial charge >= 0.3 is 0 Å². The highest BCUT2D eigenvalue weighted by Gasteiger charge is 2.27. The van der Waals surface area contributed by atoms with Crippen molar-refractivity contribution in [3.8, 4) is 17.0 Å². The molecule has 1 unspecified atom stereocenters. The molecule has 166 valence electrons. The Balaban J connectivity index is 1.72. The molecule has 4 aromatic carbocycles. The van der Waals surface area contributed by atoms with Gasteiger partial charge in [0.05, 0.1) is 12.8 Å². The zero-order valence-electron chi connectivity index (χ0n) is 19.3. The molecule has 0 saturated heterocycles. The minimum Gasteiger partial charge on any atom is -0.497 e. The molecule has 6 aromatic rings. The molecule has 0 amide bonds. The standard InChI is InChI=1S/C31H26N2O/c1-33-20-26(25-19-23(34-2)17-18-28(25)33)29(21-11-5-3-6-12-21)30-24-15-9-10-16-27(24)32-31(30)22-13-7-4-8-14-22/h3-20,29,32H,1-2H3. The average Bonchev–Trinajstić information content (AvgIpc) is 3.43. The number of aryl methyl sites for hydroxylation is 1. The van der Waals surface area contributed by atoms with Crippen LogP contribution in [0.2, 0.25) is 0 Å². The lowest BCUT2D eigenvalue weighted by atomic mass is 9.82. The lowest BCUT2D eigenvalue weighted by Gasteiger charge is -2.20. The van der Waals surface area contributed by atoms with Gasteiger partial charge in [0.25, 0.3) is 0 Å². The molecule has 0 saturated carbocycles. The first-order valence-corrected chi connectivity index (χ1v) is 11.6. The van der Waals surface area contributed by atoms with E-state index in [0.717, 1.165) is 17.0 Å². The lowest BCUT2D eigenvalue weighted by molar-refractivity contribution is 0.415. The van der Waals surface area contributed by atoms with Crippen LogP contribution in [0.25, 0.3) is 33.1 Å². The van der Waals surface area contributed by atoms with Gasteiger partial charge in [0.1, 0.15) is 5.75 Å². The molecular weight excluding hydrogens is 416 g/mol. The number of aromatic nitrogens is 2. The molecule has 3 nitrogen and oxygen atoms in total. The van der Waals surface area contributed by atoms with Gasteiger partial charge in [-0.2, -0.15) is 0 Å². The summed E-state index contributed by atoms with van der Waals surface area (Å²) < 4.78 is 7.83. The smallest absolute Gasteiger partial charge is 0.119 e. The van der Waals surface area contributed by atoms with Gasteiger partial charge in [-0.05, 0) is 46.5 Å². The molecule has 0 aliphatic rings. The van der Waals surface area contributed by atoms with Crippen molar-refractivity contribution in [2.45, 2.75) is 5.92 Å². The minimum atomic E-state index is 0.0448. The van der Waals surface area contributed by atoms with E-state index in [1.807, 2.05) is 6.07 Å². The summed E-state index contributed by atoms with van der Waals surface area (Å²) in [5.74, 6) is 0.914. The third-order valence-electron chi connectivity index (χ3n) is 6.77. The number of H-pyrrole nitrogens is 1. The van der Waals surface area contributed by atoms with Gasteiger partial charge in [0.15, 0.2) is 0 Å². The molecule has 6 rings (SSSR count). The van der Waals surface area contributed by atoms with Gasteiger partial charge in [-0.3, -0.25) is 0 Å². The molecule has 0 aliphatic carbocycles. The predicted molar refractivity (Wildman–Crippen MR) is 141 cm³/mol. The zero-order valence-corrected chi connectivity index (χ0v) is 19.3. The second-order valence-electron chi connectivity index (χ2n) is 8.75. The number of benzene rings is 4. The number of aromatic amines is 1. The van der Waals surface area contributed by atoms with Gasteiger partial charge in [0.2, 0.25) is 0 Å². The third kappa shape index (κ3) is 3.29. The highest BCUT2D eigenvalue weighted by atomic mass is 16.5. The van der Waals surface area contributed by atoms with Crippen molar-refractivity contribution in [2.24, 2.45) is 7.05 Å². The van der Waals surface area contributed by atoms with Gasteiger partial charge in [0, 0.05) is 41.0 Å². The molecular formula is C31H26N2O. The van der Waals surface area contributed by atoms with E-state index in [2.05, 4.69) is 120 Å². The van der Waals surface area contributed by atoms with Crippen LogP contribution < -0.4 is 4.74 Å². The van der Waals surface area contributed by atoms with Crippen LogP contribution in [0.1, 0.15) is 22.6 Å². The number of hydrogen-bond acceptors (Lipinski definition) is 1. The van der Waals surface area contributed by atoms with E-state index in [1.165, 1.54) is 38.5 Å². The van der Waals surface area contributed by atoms with Crippen molar-refractivity contribution in [1.29, 1.82) is 0 Å². The first kappa shape index (κ1) is 20.4. The lowest BCUT2D eigenvalue weighted by Crippen LogP contribution is -2.04. The first-order valence-electron chi connectivity index (χ1n) is 11.6. The number of para-hydroxylation sites is 1. The Morgan fingerprint density at radius 3 is 2.24 bits per heavy atom. The Morgan fingerprint density at radius 1 is 0.765 bits per heavy atom. The summed E-state index contributed by atoms with van der Waals surface area (Å²) in [5, 5.41) is 2.45. The molecule has 0 fully saturated rings. The Bertz CT molecular complexity index is 1590. The fourth-order valence-corrected chi connectivity index (χ4v) is 5.20. The van der Waals surface area contributed by atoms with Crippen LogP contribution in [0.3, 0.4) is 0 Å². The summed E-state index contributed by atoms with van der Waals surface area (Å²) in [7, 11) is 3.85. The Hall–Kier alpha value is -4.24. The Kier molecular flexibility index (Phi) is 4.96. The number of rotatable bonds is 5. The van der Waals surface area contributed by atoms with Crippen molar-refractivity contribution in [1.82, 2.24) is 9.55 Å². The summed E-state index contributed by atoms with van der Waals surface area (Å²) >= 11 is 0. The molecule has 1 atom stereocenters. The summed E-state index contributed by atoms with van der Waals surface area (Å²) in [5.41, 5.74) is 8.52. The second kappa shape index (κ2) is 8.27. The van der Waals surface area contributed by atoms with Gasteiger partial charge in [-0.15, -0.1) is 0 Å². The molecule has 0 spiro atoms. The fraction of sp³-hybridized carbons (Fsp3) is 0.0968. The quantitative estimate of drug-likeness (QED) is 0.294. The van der Waals surface area contributed by atoms with Crippen LogP contribution in [-0.2, 0) is 7.05 Å². The van der Waals surface area contributed by atoms with Gasteiger partial charge in [-0.1, -0.05) is 78.9 Å². The predicted octanol–water partition coefficient (Wildman–Crippen LogP) is 7.52. The first-order chi connectivity index (χ1) is 16.7. The topological polar surface area (TPSA) is 29.9 Å². The van der Waals surface area contributed by atoms with Crippen LogP contribution >= 0.6 is 0 Å². The Morgan fingerprint density at radius 2 is 1.47 bits per heavy atom. The Labute approximate surface area is 199 Å². The molecule has 3 heteroatoms. The normalized spacial score (nSPS) is 12.3. The number of methoxy groups -OCH3 is 1. The summed E-state index contributed by atoms with van der Waals surface area (Å²) in [4.78, 5) is 3.75. The van der Waals surface area contributed by atoms with E-state index in [9.17, 15) is 0 Å². The summed E-state index contributed by atoms with van der Waals surface area (Å²) in [6.45, 7) is 0. The van der Waals surface area contributed by atoms with E-state index < -0.39 is 0 Å². The number of fused-ring (bicyclic) bond motifs is 2. The van der Waals surface area contributed by atoms with Crippen molar-refractivity contribution in [3.05, 3.63) is 126 Å². The van der Waals surface area contributed by atoms with Crippen LogP contribution in [0.4, 0.5) is 0 Å². The van der Waals surface area contributed by atoms with Crippen LogP contribution in [-0.4, -0.2) is 16.7 Å². The molecule has 0 aliphatic heterocycles. The van der Waals surface area contributed by atoms with Crippen molar-refractivity contribution < 1.29 is 4.74 Å². The van der Waals surface area contributed by atoms with Gasteiger partial charge in [-0.25, -0.2) is 0 Å². The maximum atomic E-state index is 5.61. The van der Waals surface area contributed by atoms with Gasteiger partial charge < -0.3 is 14.3 Å². The second-order valence-corrected chi connectivity index (χ2v) is 8.75. The summed E-state index contributed by atoms with van der Waals surface area (Å²) in [6.07, 6.45) is 2.28. The van der Waals surface area contributed by atoms with E-state index >= 15 is 0 Å². The monoisotopic (exact) mass is 442 g/mol. The molecule has 34 heavy (non-hydrogen) atoms. The molecule has 0 radical (unpaired) electrons. The van der Waals surface area contributed by atoms with Crippen molar-refractivity contribution >= 4 is 21.8 Å². The SMILES string of the molecule is COc1ccc2c(c1)c(C(c1ccccc1)c1c(-c3ccccc3)[nH]c3ccccc13)cn2C. The molecule has 2 heterocycles. The average molecular weight is 443 g/mol. The van der Waals surface area contributed by atoms with E-state index in [-0.39, 0.29) is 5.92 Å². The third-order valence-corrected chi connectivity index (χ3v) is 6.77. The van der Waals surface area contributed by atoms with Crippen LogP contribution in [0.15, 0.2) is 109 Å². The number of nitrogens with zero attached hydrogens (tertiary/aromatic N) is 1. The van der Waals surface area contributed by atoms with Crippen LogP contribution in [0.5, 0.6) is 5.75 Å². The number of hydrogen-bond donors (Lipinski definition) is 1. The zero-order chi connectivity index (χ0) is 23.1. The maximum Gasteiger partial charge on any atom is 0.119 e. The summed E-state index contributed by atoms with van der Waals surface area (Å²) in [6, 6.07) is 36.4. The van der Waals surface area contributed by atoms with Crippen LogP contribution in [0, 0.1) is 0 Å². The van der Waals surface area contributed by atoms with E-state index in [4.69, 9.17) is 4.74 Å². The fourth-order valence-electron chi connectivity index (χ4n) is 5.20. The highest BCUT2D eigenvalue weighted by molar-refractivity contribution is 5.95. The van der Waals surface area contributed by atoms with Crippen molar-refractivity contribution in [3.63, 3.8) is 0 Å². The number of ether oxygens (including phenoxy) is 1. The van der Waals surface area contributed by atoms with E-state index in [0.29, 0.717) is 0 Å². The highest BCUT2D eigenvalue weighted by Crippen LogP contribution is 2.44. The van der Waals surface area contributed by atoms with E-state index in [1.54, 1.807) is 7.11 Å². The molecule has 1 N–H and O–H groups in total. The van der Waals surface area contributed by atoms with Crippen molar-refractivity contribution in [2.75, 3.05) is 7.11 Å². The largest absolute Gasteiger partial charge is 0.497 e. The molecule has 0 bridgehead atoms. The maximum absolute atomic E-state index is 5.61. The number of nitrogens with one attached hydrogen (secondary N) is 1.